The van der Waals surface area contributed by atoms with Crippen molar-refractivity contribution in [3.63, 3.8) is 0 Å². The minimum absolute atomic E-state index is 0.0248. The Hall–Kier alpha value is -1.60. The van der Waals surface area contributed by atoms with Crippen LogP contribution in [0.4, 0.5) is 11.4 Å². The van der Waals surface area contributed by atoms with Gasteiger partial charge in [-0.3, -0.25) is 9.52 Å². The highest BCUT2D eigenvalue weighted by Crippen LogP contribution is 2.18. The number of carbonyl (C=O) groups excluding carboxylic acids is 1. The molecule has 1 aliphatic rings. The average Bonchev–Trinajstić information content (AvgIpc) is 2.49. The summed E-state index contributed by atoms with van der Waals surface area (Å²) in [6.45, 7) is 4.59. The van der Waals surface area contributed by atoms with Crippen molar-refractivity contribution in [2.24, 2.45) is 5.92 Å². The van der Waals surface area contributed by atoms with Crippen LogP contribution in [0.2, 0.25) is 0 Å². The topological polar surface area (TPSA) is 87.3 Å². The maximum atomic E-state index is 12.2. The van der Waals surface area contributed by atoms with Gasteiger partial charge in [0, 0.05) is 11.4 Å². The van der Waals surface area contributed by atoms with Crippen LogP contribution >= 0.6 is 0 Å². The summed E-state index contributed by atoms with van der Waals surface area (Å²) in [5, 5.41) is 6.07. The predicted octanol–water partition coefficient (Wildman–Crippen LogP) is 1.77. The van der Waals surface area contributed by atoms with Gasteiger partial charge in [-0.1, -0.05) is 6.92 Å². The molecule has 2 rings (SSSR count). The zero-order chi connectivity index (χ0) is 16.2. The van der Waals surface area contributed by atoms with Crippen LogP contribution in [0.1, 0.15) is 26.7 Å². The van der Waals surface area contributed by atoms with Crippen molar-refractivity contribution < 1.29 is 13.2 Å². The Balaban J connectivity index is 1.95. The summed E-state index contributed by atoms with van der Waals surface area (Å²) in [4.78, 5) is 12.2. The lowest BCUT2D eigenvalue weighted by atomic mass is 9.94. The fourth-order valence-corrected chi connectivity index (χ4v) is 3.05. The first-order valence-electron chi connectivity index (χ1n) is 7.54. The fraction of sp³-hybridized carbons (Fsp3) is 0.533. The first-order chi connectivity index (χ1) is 10.4. The summed E-state index contributed by atoms with van der Waals surface area (Å²) in [6, 6.07) is 6.50. The number of amides is 1. The first-order valence-corrected chi connectivity index (χ1v) is 9.19. The maximum absolute atomic E-state index is 12.2. The highest BCUT2D eigenvalue weighted by atomic mass is 32.2. The van der Waals surface area contributed by atoms with Gasteiger partial charge in [-0.15, -0.1) is 0 Å². The molecule has 2 unspecified atom stereocenters. The van der Waals surface area contributed by atoms with Crippen LogP contribution in [-0.4, -0.2) is 32.7 Å². The number of sulfonamides is 1. The number of piperidine rings is 1. The molecular formula is C15H23N3O3S. The van der Waals surface area contributed by atoms with Crippen LogP contribution in [-0.2, 0) is 14.8 Å². The van der Waals surface area contributed by atoms with Gasteiger partial charge in [-0.25, -0.2) is 8.42 Å². The summed E-state index contributed by atoms with van der Waals surface area (Å²) in [5.74, 6) is 0.521. The monoisotopic (exact) mass is 325 g/mol. The molecule has 1 aromatic rings. The van der Waals surface area contributed by atoms with Crippen LogP contribution in [0.25, 0.3) is 0 Å². The van der Waals surface area contributed by atoms with Crippen molar-refractivity contribution in [1.82, 2.24) is 5.32 Å². The average molecular weight is 325 g/mol. The lowest BCUT2D eigenvalue weighted by Crippen LogP contribution is -2.45. The fourth-order valence-electron chi connectivity index (χ4n) is 2.41. The maximum Gasteiger partial charge on any atom is 0.241 e. The normalized spacial score (nSPS) is 22.1. The van der Waals surface area contributed by atoms with Gasteiger partial charge in [-0.2, -0.15) is 0 Å². The van der Waals surface area contributed by atoms with E-state index in [1.165, 1.54) is 0 Å². The van der Waals surface area contributed by atoms with Gasteiger partial charge < -0.3 is 10.6 Å². The van der Waals surface area contributed by atoms with E-state index in [9.17, 15) is 13.2 Å². The molecule has 2 atom stereocenters. The van der Waals surface area contributed by atoms with Crippen molar-refractivity contribution >= 4 is 27.3 Å². The van der Waals surface area contributed by atoms with Crippen molar-refractivity contribution in [3.8, 4) is 0 Å². The summed E-state index contributed by atoms with van der Waals surface area (Å²) in [5.41, 5.74) is 1.15. The summed E-state index contributed by atoms with van der Waals surface area (Å²) in [6.07, 6.45) is 1.93. The SMILES string of the molecule is CCS(=O)(=O)Nc1ccc(NC(=O)C2CC(C)CCN2)cc1. The molecule has 1 aromatic carbocycles. The van der Waals surface area contributed by atoms with Gasteiger partial charge in [0.15, 0.2) is 0 Å². The van der Waals surface area contributed by atoms with Gasteiger partial charge in [0.1, 0.15) is 0 Å². The number of hydrogen-bond acceptors (Lipinski definition) is 4. The Labute approximate surface area is 131 Å². The van der Waals surface area contributed by atoms with Crippen molar-refractivity contribution in [2.45, 2.75) is 32.7 Å². The Morgan fingerprint density at radius 1 is 1.27 bits per heavy atom. The third kappa shape index (κ3) is 4.71. The lowest BCUT2D eigenvalue weighted by molar-refractivity contribution is -0.119. The standard InChI is InChI=1S/C15H23N3O3S/c1-3-22(20,21)18-13-6-4-12(5-7-13)17-15(19)14-10-11(2)8-9-16-14/h4-7,11,14,16,18H,3,8-10H2,1-2H3,(H,17,19). The molecule has 1 saturated heterocycles. The number of hydrogen-bond donors (Lipinski definition) is 3. The second-order valence-electron chi connectivity index (χ2n) is 5.71. The molecule has 0 aliphatic carbocycles. The molecule has 122 valence electrons. The molecule has 0 spiro atoms. The number of benzene rings is 1. The third-order valence-electron chi connectivity index (χ3n) is 3.79. The molecule has 22 heavy (non-hydrogen) atoms. The molecule has 0 bridgehead atoms. The molecule has 0 aromatic heterocycles. The molecular weight excluding hydrogens is 302 g/mol. The second-order valence-corrected chi connectivity index (χ2v) is 7.72. The Kier molecular flexibility index (Phi) is 5.42. The smallest absolute Gasteiger partial charge is 0.241 e. The molecule has 7 heteroatoms. The molecule has 6 nitrogen and oxygen atoms in total. The molecule has 0 saturated carbocycles. The van der Waals surface area contributed by atoms with Crippen molar-refractivity contribution in [1.29, 1.82) is 0 Å². The summed E-state index contributed by atoms with van der Waals surface area (Å²) >= 11 is 0. The predicted molar refractivity (Wildman–Crippen MR) is 88.3 cm³/mol. The van der Waals surface area contributed by atoms with Gasteiger partial charge in [-0.05, 0) is 56.5 Å². The number of nitrogens with one attached hydrogen (secondary N) is 3. The van der Waals surface area contributed by atoms with E-state index in [2.05, 4.69) is 22.3 Å². The van der Waals surface area contributed by atoms with Gasteiger partial charge in [0.05, 0.1) is 11.8 Å². The number of carbonyl (C=O) groups is 1. The van der Waals surface area contributed by atoms with Gasteiger partial charge >= 0.3 is 0 Å². The molecule has 1 heterocycles. The van der Waals surface area contributed by atoms with Crippen LogP contribution in [0.15, 0.2) is 24.3 Å². The van der Waals surface area contributed by atoms with Crippen LogP contribution in [0.5, 0.6) is 0 Å². The Bertz CT molecular complexity index is 613. The van der Waals surface area contributed by atoms with E-state index in [-0.39, 0.29) is 17.7 Å². The zero-order valence-corrected chi connectivity index (χ0v) is 13.7. The first kappa shape index (κ1) is 16.8. The number of anilines is 2. The van der Waals surface area contributed by atoms with E-state index in [1.54, 1.807) is 31.2 Å². The van der Waals surface area contributed by atoms with Crippen LogP contribution in [0, 0.1) is 5.92 Å². The third-order valence-corrected chi connectivity index (χ3v) is 5.10. The van der Waals surface area contributed by atoms with E-state index in [0.29, 0.717) is 17.3 Å². The van der Waals surface area contributed by atoms with Crippen LogP contribution in [0.3, 0.4) is 0 Å². The van der Waals surface area contributed by atoms with E-state index in [4.69, 9.17) is 0 Å². The quantitative estimate of drug-likeness (QED) is 0.770. The highest BCUT2D eigenvalue weighted by Gasteiger charge is 2.24. The molecule has 0 radical (unpaired) electrons. The molecule has 3 N–H and O–H groups in total. The largest absolute Gasteiger partial charge is 0.325 e. The van der Waals surface area contributed by atoms with Crippen molar-refractivity contribution in [2.75, 3.05) is 22.3 Å². The second kappa shape index (κ2) is 7.11. The molecule has 1 fully saturated rings. The number of rotatable bonds is 5. The molecule has 1 amide bonds. The summed E-state index contributed by atoms with van der Waals surface area (Å²) < 4.78 is 25.4. The van der Waals surface area contributed by atoms with Crippen LogP contribution < -0.4 is 15.4 Å². The van der Waals surface area contributed by atoms with Gasteiger partial charge in [0.25, 0.3) is 0 Å². The lowest BCUT2D eigenvalue weighted by Gasteiger charge is -2.27. The van der Waals surface area contributed by atoms with E-state index >= 15 is 0 Å². The Morgan fingerprint density at radius 3 is 2.50 bits per heavy atom. The Morgan fingerprint density at radius 2 is 1.91 bits per heavy atom. The van der Waals surface area contributed by atoms with E-state index in [1.807, 2.05) is 0 Å². The van der Waals surface area contributed by atoms with Crippen molar-refractivity contribution in [3.05, 3.63) is 24.3 Å². The molecule has 1 aliphatic heterocycles. The van der Waals surface area contributed by atoms with Gasteiger partial charge in [0.2, 0.25) is 15.9 Å². The van der Waals surface area contributed by atoms with E-state index in [0.717, 1.165) is 19.4 Å². The minimum atomic E-state index is -3.28. The minimum Gasteiger partial charge on any atom is -0.325 e. The highest BCUT2D eigenvalue weighted by molar-refractivity contribution is 7.92. The summed E-state index contributed by atoms with van der Waals surface area (Å²) in [7, 11) is -3.28. The zero-order valence-electron chi connectivity index (χ0n) is 12.9. The van der Waals surface area contributed by atoms with E-state index < -0.39 is 10.0 Å².